The number of carbonyl (C=O) groups is 5. The molecule has 0 spiro atoms. The molecule has 2 unspecified atom stereocenters. The van der Waals surface area contributed by atoms with Gasteiger partial charge < -0.3 is 39.6 Å². The second-order valence-corrected chi connectivity index (χ2v) is 12.2. The van der Waals surface area contributed by atoms with Crippen LogP contribution in [-0.2, 0) is 19.1 Å². The Morgan fingerprint density at radius 2 is 1.68 bits per heavy atom. The van der Waals surface area contributed by atoms with E-state index >= 15 is 0 Å². The first-order valence-corrected chi connectivity index (χ1v) is 16.7. The minimum Gasteiger partial charge on any atom is -0.483 e. The number of imidazole rings is 1. The molecule has 0 bridgehead atoms. The van der Waals surface area contributed by atoms with E-state index in [-0.39, 0.29) is 75.6 Å². The highest BCUT2D eigenvalue weighted by molar-refractivity contribution is 5.99. The second-order valence-electron chi connectivity index (χ2n) is 12.2. The molecule has 2 aromatic heterocycles. The molecular formula is C35H39N7O8. The van der Waals surface area contributed by atoms with Crippen LogP contribution in [0.1, 0.15) is 55.0 Å². The number of carbonyl (C=O) groups excluding carboxylic acids is 4. The molecule has 2 aliphatic rings. The molecule has 2 aromatic carbocycles. The van der Waals surface area contributed by atoms with Gasteiger partial charge in [0.05, 0.1) is 29.2 Å². The van der Waals surface area contributed by atoms with E-state index in [9.17, 15) is 29.1 Å². The fraction of sp³-hybridized carbons (Fsp3) is 0.400. The number of hydrogen-bond acceptors (Lipinski definition) is 9. The number of rotatable bonds is 11. The molecule has 0 radical (unpaired) electrons. The average Bonchev–Trinajstić information content (AvgIpc) is 3.80. The van der Waals surface area contributed by atoms with Gasteiger partial charge in [0.25, 0.3) is 11.8 Å². The molecular weight excluding hydrogens is 646 g/mol. The first-order valence-electron chi connectivity index (χ1n) is 16.7. The zero-order valence-electron chi connectivity index (χ0n) is 27.7. The monoisotopic (exact) mass is 685 g/mol. The number of pyridine rings is 1. The van der Waals surface area contributed by atoms with E-state index in [1.165, 1.54) is 15.9 Å². The van der Waals surface area contributed by atoms with Gasteiger partial charge in [0.1, 0.15) is 23.3 Å². The molecule has 50 heavy (non-hydrogen) atoms. The third-order valence-electron chi connectivity index (χ3n) is 8.93. The van der Waals surface area contributed by atoms with Crippen molar-refractivity contribution in [2.75, 3.05) is 45.9 Å². The first kappa shape index (κ1) is 34.1. The molecule has 15 heteroatoms. The van der Waals surface area contributed by atoms with E-state index in [2.05, 4.69) is 15.3 Å². The van der Waals surface area contributed by atoms with Crippen molar-refractivity contribution in [2.45, 2.75) is 44.7 Å². The molecule has 0 saturated carbocycles. The summed E-state index contributed by atoms with van der Waals surface area (Å²) in [6.07, 6.45) is 0.609. The zero-order valence-corrected chi connectivity index (χ0v) is 27.7. The smallest absolute Gasteiger partial charge is 0.409 e. The summed E-state index contributed by atoms with van der Waals surface area (Å²) in [6.45, 7) is 3.09. The van der Waals surface area contributed by atoms with Crippen LogP contribution in [0.15, 0.2) is 54.6 Å². The largest absolute Gasteiger partial charge is 0.483 e. The first-order chi connectivity index (χ1) is 24.2. The lowest BCUT2D eigenvalue weighted by Crippen LogP contribution is -2.56. The Balaban J connectivity index is 1.16. The number of amides is 4. The Hall–Kier alpha value is -5.73. The number of benzene rings is 2. The lowest BCUT2D eigenvalue weighted by atomic mass is 10.1. The Labute approximate surface area is 287 Å². The molecule has 2 atom stereocenters. The number of likely N-dealkylation sites (tertiary alicyclic amines) is 1. The third-order valence-corrected chi connectivity index (χ3v) is 8.93. The van der Waals surface area contributed by atoms with Gasteiger partial charge in [-0.1, -0.05) is 24.3 Å². The summed E-state index contributed by atoms with van der Waals surface area (Å²) in [5.74, 6) is -1.53. The average molecular weight is 686 g/mol. The highest BCUT2D eigenvalue weighted by Gasteiger charge is 2.33. The van der Waals surface area contributed by atoms with Crippen molar-refractivity contribution in [3.8, 4) is 5.75 Å². The number of ether oxygens (including phenoxy) is 2. The van der Waals surface area contributed by atoms with Gasteiger partial charge in [-0.2, -0.15) is 0 Å². The van der Waals surface area contributed by atoms with Crippen LogP contribution >= 0.6 is 0 Å². The van der Waals surface area contributed by atoms with Crippen LogP contribution in [0.2, 0.25) is 0 Å². The Morgan fingerprint density at radius 3 is 2.42 bits per heavy atom. The number of aromatic nitrogens is 3. The molecule has 4 heterocycles. The Kier molecular flexibility index (Phi) is 10.4. The molecule has 2 fully saturated rings. The molecule has 3 N–H and O–H groups in total. The second kappa shape index (κ2) is 15.2. The number of aromatic amines is 1. The number of H-pyrrole nitrogens is 1. The van der Waals surface area contributed by atoms with E-state index < -0.39 is 29.9 Å². The molecule has 15 nitrogen and oxygen atoms in total. The van der Waals surface area contributed by atoms with Crippen molar-refractivity contribution in [1.82, 2.24) is 35.0 Å². The lowest BCUT2D eigenvalue weighted by Gasteiger charge is -2.35. The van der Waals surface area contributed by atoms with Crippen molar-refractivity contribution in [1.29, 1.82) is 0 Å². The topological polar surface area (TPSA) is 187 Å². The predicted octanol–water partition coefficient (Wildman–Crippen LogP) is 3.12. The highest BCUT2D eigenvalue weighted by Crippen LogP contribution is 2.32. The maximum atomic E-state index is 13.6. The number of hydrogen-bond donors (Lipinski definition) is 3. The standard InChI is InChI=1S/C35H39N7O8/c1-2-49-35(48)41-18-16-40(17-19-41)34(47)26(13-14-31(44)45)39-33(46)27-20-29(22-8-3-4-9-23(22)36-27)50-21-30(43)42-15-7-12-28(42)32-37-24-10-5-6-11-25(24)38-32/h3-6,8-11,20,26,28H,2,7,12-19,21H2,1H3,(H,37,38)(H,39,46)(H,44,45). The van der Waals surface area contributed by atoms with Crippen LogP contribution in [0.3, 0.4) is 0 Å². The number of piperazine rings is 1. The van der Waals surface area contributed by atoms with Crippen LogP contribution in [-0.4, -0.2) is 117 Å². The van der Waals surface area contributed by atoms with Gasteiger partial charge in [-0.3, -0.25) is 19.2 Å². The van der Waals surface area contributed by atoms with Crippen LogP contribution in [0, 0.1) is 0 Å². The van der Waals surface area contributed by atoms with E-state index in [1.807, 2.05) is 24.3 Å². The van der Waals surface area contributed by atoms with E-state index in [0.29, 0.717) is 17.4 Å². The number of carboxylic acids is 1. The summed E-state index contributed by atoms with van der Waals surface area (Å²) in [6, 6.07) is 14.8. The zero-order chi connectivity index (χ0) is 35.2. The van der Waals surface area contributed by atoms with E-state index in [0.717, 1.165) is 29.7 Å². The molecule has 4 amide bonds. The maximum Gasteiger partial charge on any atom is 0.409 e. The van der Waals surface area contributed by atoms with E-state index in [1.54, 1.807) is 36.1 Å². The predicted molar refractivity (Wildman–Crippen MR) is 180 cm³/mol. The molecule has 2 saturated heterocycles. The Morgan fingerprint density at radius 1 is 0.960 bits per heavy atom. The van der Waals surface area contributed by atoms with Gasteiger partial charge >= 0.3 is 12.1 Å². The molecule has 262 valence electrons. The number of nitrogens with zero attached hydrogens (tertiary/aromatic N) is 5. The van der Waals surface area contributed by atoms with Crippen LogP contribution in [0.25, 0.3) is 21.9 Å². The minimum absolute atomic E-state index is 0.0623. The summed E-state index contributed by atoms with van der Waals surface area (Å²) in [5.41, 5.74) is 2.10. The van der Waals surface area contributed by atoms with Crippen molar-refractivity contribution in [2.24, 2.45) is 0 Å². The molecule has 6 rings (SSSR count). The summed E-state index contributed by atoms with van der Waals surface area (Å²) in [4.78, 5) is 81.4. The van der Waals surface area contributed by atoms with Gasteiger partial charge in [0.2, 0.25) is 5.91 Å². The van der Waals surface area contributed by atoms with Crippen LogP contribution in [0.5, 0.6) is 5.75 Å². The number of para-hydroxylation sites is 3. The highest BCUT2D eigenvalue weighted by atomic mass is 16.6. The molecule has 0 aliphatic carbocycles. The van der Waals surface area contributed by atoms with Gasteiger partial charge in [0, 0.05) is 50.6 Å². The Bertz CT molecular complexity index is 1870. The van der Waals surface area contributed by atoms with Gasteiger partial charge in [-0.15, -0.1) is 0 Å². The lowest BCUT2D eigenvalue weighted by molar-refractivity contribution is -0.138. The maximum absolute atomic E-state index is 13.6. The fourth-order valence-electron chi connectivity index (χ4n) is 6.38. The number of aliphatic carboxylic acids is 1. The molecule has 4 aromatic rings. The van der Waals surface area contributed by atoms with Gasteiger partial charge in [0.15, 0.2) is 6.61 Å². The number of fused-ring (bicyclic) bond motifs is 2. The van der Waals surface area contributed by atoms with E-state index in [4.69, 9.17) is 14.5 Å². The van der Waals surface area contributed by atoms with Gasteiger partial charge in [-0.05, 0) is 50.5 Å². The number of nitrogens with one attached hydrogen (secondary N) is 2. The van der Waals surface area contributed by atoms with Crippen LogP contribution < -0.4 is 10.1 Å². The SMILES string of the molecule is CCOC(=O)N1CCN(C(=O)C(CCC(=O)O)NC(=O)c2cc(OCC(=O)N3CCCC3c3nc4ccccc4[nH]3)c3ccccc3n2)CC1. The minimum atomic E-state index is -1.16. The normalized spacial score (nSPS) is 16.7. The fourth-order valence-corrected chi connectivity index (χ4v) is 6.38. The summed E-state index contributed by atoms with van der Waals surface area (Å²) < 4.78 is 11.1. The third kappa shape index (κ3) is 7.61. The number of carboxylic acid groups (broad SMARTS) is 1. The summed E-state index contributed by atoms with van der Waals surface area (Å²) in [5, 5.41) is 12.6. The van der Waals surface area contributed by atoms with Gasteiger partial charge in [-0.25, -0.2) is 14.8 Å². The quantitative estimate of drug-likeness (QED) is 0.212. The summed E-state index contributed by atoms with van der Waals surface area (Å²) >= 11 is 0. The van der Waals surface area contributed by atoms with Crippen LogP contribution in [0.4, 0.5) is 4.79 Å². The van der Waals surface area contributed by atoms with Crippen molar-refractivity contribution in [3.05, 3.63) is 66.1 Å². The summed E-state index contributed by atoms with van der Waals surface area (Å²) in [7, 11) is 0. The molecule has 2 aliphatic heterocycles. The van der Waals surface area contributed by atoms with Crippen molar-refractivity contribution in [3.63, 3.8) is 0 Å². The van der Waals surface area contributed by atoms with Crippen molar-refractivity contribution >= 4 is 51.7 Å². The van der Waals surface area contributed by atoms with Crippen molar-refractivity contribution < 1.29 is 38.6 Å².